The molecule has 0 bridgehead atoms. The lowest BCUT2D eigenvalue weighted by atomic mass is 10.2. The van der Waals surface area contributed by atoms with Crippen molar-refractivity contribution in [2.75, 3.05) is 0 Å². The summed E-state index contributed by atoms with van der Waals surface area (Å²) >= 11 is 1.76. The zero-order valence-corrected chi connectivity index (χ0v) is 10.5. The third kappa shape index (κ3) is 2.68. The van der Waals surface area contributed by atoms with E-state index in [0.717, 1.165) is 18.8 Å². The largest absolute Gasteiger partial charge is 0.307 e. The van der Waals surface area contributed by atoms with Crippen LogP contribution in [0.3, 0.4) is 0 Å². The first-order valence-electron chi connectivity index (χ1n) is 5.40. The molecule has 0 aromatic carbocycles. The van der Waals surface area contributed by atoms with E-state index in [1.807, 2.05) is 12.3 Å². The summed E-state index contributed by atoms with van der Waals surface area (Å²) in [5.74, 6) is 0. The van der Waals surface area contributed by atoms with Crippen molar-refractivity contribution in [2.24, 2.45) is 0 Å². The lowest BCUT2D eigenvalue weighted by Gasteiger charge is -2.06. The first kappa shape index (κ1) is 11.3. The molecule has 1 N–H and O–H groups in total. The molecule has 0 unspecified atom stereocenters. The average Bonchev–Trinajstić information content (AvgIpc) is 2.67. The van der Waals surface area contributed by atoms with Crippen LogP contribution in [-0.2, 0) is 13.1 Å². The summed E-state index contributed by atoms with van der Waals surface area (Å²) in [6.07, 6.45) is 1.85. The minimum Gasteiger partial charge on any atom is -0.307 e. The Balaban J connectivity index is 1.89. The van der Waals surface area contributed by atoms with Gasteiger partial charge in [0, 0.05) is 19.3 Å². The second-order valence-corrected chi connectivity index (χ2v) is 4.69. The van der Waals surface area contributed by atoms with E-state index in [2.05, 4.69) is 41.0 Å². The third-order valence-electron chi connectivity index (χ3n) is 2.69. The molecule has 0 atom stereocenters. The Bertz CT molecular complexity index is 462. The Kier molecular flexibility index (Phi) is 3.70. The number of aryl methyl sites for hydroxylation is 2. The van der Waals surface area contributed by atoms with E-state index in [4.69, 9.17) is 0 Å². The smallest absolute Gasteiger partial charge is 0.0570 e. The number of hydrogen-bond donors (Lipinski definition) is 1. The molecule has 2 aromatic rings. The van der Waals surface area contributed by atoms with E-state index >= 15 is 0 Å². The molecular weight excluding hydrogens is 216 g/mol. The molecule has 0 aliphatic carbocycles. The summed E-state index contributed by atoms with van der Waals surface area (Å²) in [5, 5.41) is 7.82. The molecular formula is C13H16N2S. The van der Waals surface area contributed by atoms with Gasteiger partial charge in [-0.25, -0.2) is 0 Å². The van der Waals surface area contributed by atoms with Crippen LogP contribution in [-0.4, -0.2) is 4.98 Å². The lowest BCUT2D eigenvalue weighted by molar-refractivity contribution is 0.675. The van der Waals surface area contributed by atoms with Crippen LogP contribution in [0.5, 0.6) is 0 Å². The number of thiophene rings is 1. The van der Waals surface area contributed by atoms with Gasteiger partial charge in [0.1, 0.15) is 0 Å². The van der Waals surface area contributed by atoms with Crippen LogP contribution in [0.4, 0.5) is 0 Å². The van der Waals surface area contributed by atoms with E-state index in [1.54, 1.807) is 11.3 Å². The van der Waals surface area contributed by atoms with Crippen molar-refractivity contribution < 1.29 is 0 Å². The van der Waals surface area contributed by atoms with Gasteiger partial charge in [-0.1, -0.05) is 6.07 Å². The van der Waals surface area contributed by atoms with Crippen molar-refractivity contribution in [3.63, 3.8) is 0 Å². The molecule has 0 aliphatic heterocycles. The molecule has 0 radical (unpaired) electrons. The van der Waals surface area contributed by atoms with Gasteiger partial charge < -0.3 is 5.32 Å². The van der Waals surface area contributed by atoms with E-state index < -0.39 is 0 Å². The number of nitrogens with zero attached hydrogens (tertiary/aromatic N) is 1. The summed E-state index contributed by atoms with van der Waals surface area (Å²) in [6.45, 7) is 6.01. The predicted octanol–water partition coefficient (Wildman–Crippen LogP) is 3.05. The standard InChI is InChI=1S/C13H16N2S/c1-10-4-3-5-15-13(10)7-14-6-12-9-16-8-11(12)2/h3-5,8-9,14H,6-7H2,1-2H3. The van der Waals surface area contributed by atoms with Crippen LogP contribution in [0.2, 0.25) is 0 Å². The molecule has 0 saturated carbocycles. The molecule has 16 heavy (non-hydrogen) atoms. The Labute approximate surface area is 100 Å². The second kappa shape index (κ2) is 5.23. The zero-order valence-electron chi connectivity index (χ0n) is 9.66. The van der Waals surface area contributed by atoms with Crippen LogP contribution in [0.15, 0.2) is 29.1 Å². The number of pyridine rings is 1. The van der Waals surface area contributed by atoms with Crippen LogP contribution in [0.25, 0.3) is 0 Å². The zero-order chi connectivity index (χ0) is 11.4. The van der Waals surface area contributed by atoms with Gasteiger partial charge in [0.15, 0.2) is 0 Å². The Morgan fingerprint density at radius 2 is 2.06 bits per heavy atom. The summed E-state index contributed by atoms with van der Waals surface area (Å²) < 4.78 is 0. The molecule has 2 nitrogen and oxygen atoms in total. The van der Waals surface area contributed by atoms with Crippen LogP contribution < -0.4 is 5.32 Å². The van der Waals surface area contributed by atoms with E-state index in [0.29, 0.717) is 0 Å². The second-order valence-electron chi connectivity index (χ2n) is 3.95. The fourth-order valence-corrected chi connectivity index (χ4v) is 2.44. The first-order chi connectivity index (χ1) is 7.77. The molecule has 2 rings (SSSR count). The fraction of sp³-hybridized carbons (Fsp3) is 0.308. The third-order valence-corrected chi connectivity index (χ3v) is 3.60. The van der Waals surface area contributed by atoms with Gasteiger partial charge in [-0.2, -0.15) is 11.3 Å². The highest BCUT2D eigenvalue weighted by Gasteiger charge is 2.00. The maximum absolute atomic E-state index is 4.36. The molecule has 2 heterocycles. The Hall–Kier alpha value is -1.19. The van der Waals surface area contributed by atoms with Crippen molar-refractivity contribution in [1.82, 2.24) is 10.3 Å². The maximum atomic E-state index is 4.36. The Morgan fingerprint density at radius 1 is 1.19 bits per heavy atom. The highest BCUT2D eigenvalue weighted by molar-refractivity contribution is 7.08. The summed E-state index contributed by atoms with van der Waals surface area (Å²) in [5.41, 5.74) is 5.14. The minimum absolute atomic E-state index is 0.835. The maximum Gasteiger partial charge on any atom is 0.0570 e. The molecule has 0 saturated heterocycles. The quantitative estimate of drug-likeness (QED) is 0.876. The summed E-state index contributed by atoms with van der Waals surface area (Å²) in [4.78, 5) is 4.36. The van der Waals surface area contributed by atoms with Gasteiger partial charge in [0.2, 0.25) is 0 Å². The SMILES string of the molecule is Cc1cscc1CNCc1ncccc1C. The topological polar surface area (TPSA) is 24.9 Å². The van der Waals surface area contributed by atoms with Gasteiger partial charge in [0.25, 0.3) is 0 Å². The van der Waals surface area contributed by atoms with E-state index in [-0.39, 0.29) is 0 Å². The highest BCUT2D eigenvalue weighted by atomic mass is 32.1. The van der Waals surface area contributed by atoms with Gasteiger partial charge >= 0.3 is 0 Å². The average molecular weight is 232 g/mol. The van der Waals surface area contributed by atoms with E-state index in [9.17, 15) is 0 Å². The van der Waals surface area contributed by atoms with E-state index in [1.165, 1.54) is 16.7 Å². The van der Waals surface area contributed by atoms with Crippen molar-refractivity contribution in [1.29, 1.82) is 0 Å². The van der Waals surface area contributed by atoms with Crippen molar-refractivity contribution in [3.8, 4) is 0 Å². The van der Waals surface area contributed by atoms with Crippen molar-refractivity contribution in [3.05, 3.63) is 51.5 Å². The van der Waals surface area contributed by atoms with Gasteiger partial charge in [-0.15, -0.1) is 0 Å². The first-order valence-corrected chi connectivity index (χ1v) is 6.34. The molecule has 84 valence electrons. The van der Waals surface area contributed by atoms with Gasteiger partial charge in [0.05, 0.1) is 5.69 Å². The minimum atomic E-state index is 0.835. The summed E-state index contributed by atoms with van der Waals surface area (Å²) in [7, 11) is 0. The fourth-order valence-electron chi connectivity index (χ4n) is 1.59. The monoisotopic (exact) mass is 232 g/mol. The molecule has 0 amide bonds. The van der Waals surface area contributed by atoms with Crippen LogP contribution >= 0.6 is 11.3 Å². The summed E-state index contributed by atoms with van der Waals surface area (Å²) in [6, 6.07) is 4.07. The number of aromatic nitrogens is 1. The number of rotatable bonds is 4. The Morgan fingerprint density at radius 3 is 2.75 bits per heavy atom. The lowest BCUT2D eigenvalue weighted by Crippen LogP contribution is -2.14. The van der Waals surface area contributed by atoms with Crippen LogP contribution in [0.1, 0.15) is 22.4 Å². The molecule has 0 fully saturated rings. The van der Waals surface area contributed by atoms with Gasteiger partial charge in [-0.3, -0.25) is 4.98 Å². The van der Waals surface area contributed by atoms with Gasteiger partial charge in [-0.05, 0) is 47.4 Å². The van der Waals surface area contributed by atoms with Crippen LogP contribution in [0, 0.1) is 13.8 Å². The van der Waals surface area contributed by atoms with Crippen molar-refractivity contribution in [2.45, 2.75) is 26.9 Å². The molecule has 2 aromatic heterocycles. The number of hydrogen-bond acceptors (Lipinski definition) is 3. The molecule has 0 aliphatic rings. The normalized spacial score (nSPS) is 10.6. The molecule has 0 spiro atoms. The highest BCUT2D eigenvalue weighted by Crippen LogP contribution is 2.13. The predicted molar refractivity (Wildman–Crippen MR) is 68.6 cm³/mol. The number of nitrogens with one attached hydrogen (secondary N) is 1. The molecule has 3 heteroatoms. The van der Waals surface area contributed by atoms with Crippen molar-refractivity contribution >= 4 is 11.3 Å².